The maximum Gasteiger partial charge on any atom is 0.262 e. The molecule has 0 radical (unpaired) electrons. The topological polar surface area (TPSA) is 104 Å². The van der Waals surface area contributed by atoms with Gasteiger partial charge in [-0.15, -0.1) is 0 Å². The minimum atomic E-state index is -3.90. The van der Waals surface area contributed by atoms with Crippen LogP contribution in [0, 0.1) is 6.92 Å². The van der Waals surface area contributed by atoms with Crippen LogP contribution in [-0.2, 0) is 20.0 Å². The van der Waals surface area contributed by atoms with Crippen LogP contribution < -0.4 is 4.72 Å². The highest BCUT2D eigenvalue weighted by Gasteiger charge is 2.31. The van der Waals surface area contributed by atoms with Crippen molar-refractivity contribution in [2.45, 2.75) is 16.7 Å². The van der Waals surface area contributed by atoms with Gasteiger partial charge in [0.1, 0.15) is 0 Å². The molecule has 1 aliphatic heterocycles. The molecule has 1 saturated heterocycles. The number of aryl methyl sites for hydroxylation is 1. The lowest BCUT2D eigenvalue weighted by Gasteiger charge is -2.34. The molecule has 10 heteroatoms. The molecule has 8 nitrogen and oxygen atoms in total. The molecule has 0 atom stereocenters. The number of nitrogens with zero attached hydrogens (tertiary/aromatic N) is 2. The van der Waals surface area contributed by atoms with Crippen LogP contribution in [0.15, 0.2) is 88.7 Å². The minimum absolute atomic E-state index is 0.0208. The first-order valence-corrected chi connectivity index (χ1v) is 13.6. The Kier molecular flexibility index (Phi) is 6.74. The van der Waals surface area contributed by atoms with Crippen LogP contribution in [0.25, 0.3) is 0 Å². The largest absolute Gasteiger partial charge is 0.336 e. The SMILES string of the molecule is Cc1ccc(C(=O)N2CCN(S(=O)(=O)c3ccccc3)CC2)cc1S(=O)(=O)Nc1ccccc1. The summed E-state index contributed by atoms with van der Waals surface area (Å²) in [6, 6.07) is 21.3. The van der Waals surface area contributed by atoms with E-state index in [1.165, 1.54) is 10.4 Å². The molecule has 178 valence electrons. The zero-order valence-corrected chi connectivity index (χ0v) is 20.2. The van der Waals surface area contributed by atoms with E-state index in [0.29, 0.717) is 11.3 Å². The minimum Gasteiger partial charge on any atom is -0.336 e. The molecule has 1 fully saturated rings. The van der Waals surface area contributed by atoms with Crippen molar-refractivity contribution in [3.63, 3.8) is 0 Å². The summed E-state index contributed by atoms with van der Waals surface area (Å²) in [5, 5.41) is 0. The highest BCUT2D eigenvalue weighted by molar-refractivity contribution is 7.92. The number of hydrogen-bond donors (Lipinski definition) is 1. The van der Waals surface area contributed by atoms with Gasteiger partial charge in [-0.1, -0.05) is 42.5 Å². The molecule has 4 rings (SSSR count). The number of nitrogens with one attached hydrogen (secondary N) is 1. The first kappa shape index (κ1) is 23.9. The Morgan fingerprint density at radius 3 is 2.00 bits per heavy atom. The van der Waals surface area contributed by atoms with Gasteiger partial charge in [-0.3, -0.25) is 9.52 Å². The first-order valence-electron chi connectivity index (χ1n) is 10.7. The molecule has 0 saturated carbocycles. The second-order valence-electron chi connectivity index (χ2n) is 7.96. The number of carbonyl (C=O) groups excluding carboxylic acids is 1. The third-order valence-electron chi connectivity index (χ3n) is 5.66. The van der Waals surface area contributed by atoms with Crippen LogP contribution in [0.2, 0.25) is 0 Å². The number of benzene rings is 3. The van der Waals surface area contributed by atoms with Gasteiger partial charge >= 0.3 is 0 Å². The Hall–Kier alpha value is -3.21. The summed E-state index contributed by atoms with van der Waals surface area (Å²) in [5.41, 5.74) is 1.17. The van der Waals surface area contributed by atoms with Crippen LogP contribution in [-0.4, -0.2) is 58.1 Å². The fourth-order valence-corrected chi connectivity index (χ4v) is 6.57. The predicted molar refractivity (Wildman–Crippen MR) is 130 cm³/mol. The summed E-state index contributed by atoms with van der Waals surface area (Å²) < 4.78 is 55.4. The van der Waals surface area contributed by atoms with E-state index in [-0.39, 0.29) is 47.4 Å². The first-order chi connectivity index (χ1) is 16.2. The van der Waals surface area contributed by atoms with Gasteiger partial charge in [0, 0.05) is 37.4 Å². The van der Waals surface area contributed by atoms with E-state index in [1.807, 2.05) is 0 Å². The molecule has 1 amide bonds. The van der Waals surface area contributed by atoms with Crippen molar-refractivity contribution in [1.82, 2.24) is 9.21 Å². The molecule has 0 spiro atoms. The molecule has 0 aliphatic carbocycles. The fraction of sp³-hybridized carbons (Fsp3) is 0.208. The summed E-state index contributed by atoms with van der Waals surface area (Å²) in [5.74, 6) is -0.340. The monoisotopic (exact) mass is 499 g/mol. The van der Waals surface area contributed by atoms with Gasteiger partial charge in [-0.05, 0) is 48.9 Å². The molecule has 3 aromatic carbocycles. The molecule has 1 aliphatic rings. The van der Waals surface area contributed by atoms with E-state index >= 15 is 0 Å². The van der Waals surface area contributed by atoms with Crippen molar-refractivity contribution in [2.75, 3.05) is 30.9 Å². The Morgan fingerprint density at radius 1 is 0.794 bits per heavy atom. The highest BCUT2D eigenvalue weighted by Crippen LogP contribution is 2.23. The van der Waals surface area contributed by atoms with Gasteiger partial charge in [-0.25, -0.2) is 16.8 Å². The maximum absolute atomic E-state index is 13.1. The molecule has 34 heavy (non-hydrogen) atoms. The molecule has 0 bridgehead atoms. The van der Waals surface area contributed by atoms with Crippen molar-refractivity contribution < 1.29 is 21.6 Å². The average molecular weight is 500 g/mol. The van der Waals surface area contributed by atoms with Crippen molar-refractivity contribution in [3.8, 4) is 0 Å². The van der Waals surface area contributed by atoms with Crippen molar-refractivity contribution in [1.29, 1.82) is 0 Å². The van der Waals surface area contributed by atoms with E-state index in [4.69, 9.17) is 0 Å². The number of para-hydroxylation sites is 1. The second-order valence-corrected chi connectivity index (χ2v) is 11.5. The van der Waals surface area contributed by atoms with Crippen LogP contribution >= 0.6 is 0 Å². The Morgan fingerprint density at radius 2 is 1.38 bits per heavy atom. The average Bonchev–Trinajstić information content (AvgIpc) is 2.85. The predicted octanol–water partition coefficient (Wildman–Crippen LogP) is 2.94. The lowest BCUT2D eigenvalue weighted by atomic mass is 10.1. The summed E-state index contributed by atoms with van der Waals surface area (Å²) in [7, 11) is -7.53. The molecular weight excluding hydrogens is 474 g/mol. The van der Waals surface area contributed by atoms with E-state index in [1.54, 1.807) is 84.6 Å². The van der Waals surface area contributed by atoms with E-state index < -0.39 is 20.0 Å². The number of amides is 1. The van der Waals surface area contributed by atoms with E-state index in [9.17, 15) is 21.6 Å². The number of hydrogen-bond acceptors (Lipinski definition) is 5. The van der Waals surface area contributed by atoms with E-state index in [2.05, 4.69) is 4.72 Å². The molecule has 3 aromatic rings. The lowest BCUT2D eigenvalue weighted by Crippen LogP contribution is -2.50. The molecule has 1 N–H and O–H groups in total. The van der Waals surface area contributed by atoms with E-state index in [0.717, 1.165) is 0 Å². The fourth-order valence-electron chi connectivity index (χ4n) is 3.79. The maximum atomic E-state index is 13.1. The number of carbonyl (C=O) groups is 1. The lowest BCUT2D eigenvalue weighted by molar-refractivity contribution is 0.0697. The Labute approximate surface area is 199 Å². The van der Waals surface area contributed by atoms with Crippen molar-refractivity contribution in [2.24, 2.45) is 0 Å². The number of piperazine rings is 1. The van der Waals surface area contributed by atoms with Gasteiger partial charge < -0.3 is 4.90 Å². The summed E-state index contributed by atoms with van der Waals surface area (Å²) in [6.07, 6.45) is 0. The molecular formula is C24H25N3O5S2. The van der Waals surface area contributed by atoms with Gasteiger partial charge in [0.2, 0.25) is 10.0 Å². The quantitative estimate of drug-likeness (QED) is 0.562. The summed E-state index contributed by atoms with van der Waals surface area (Å²) >= 11 is 0. The zero-order chi connectivity index (χ0) is 24.3. The van der Waals surface area contributed by atoms with Gasteiger partial charge in [0.15, 0.2) is 0 Å². The third kappa shape index (κ3) is 4.98. The van der Waals surface area contributed by atoms with Crippen LogP contribution in [0.4, 0.5) is 5.69 Å². The van der Waals surface area contributed by atoms with Crippen molar-refractivity contribution >= 4 is 31.6 Å². The smallest absolute Gasteiger partial charge is 0.262 e. The standard InChI is InChI=1S/C24H25N3O5S2/c1-19-12-13-20(18-23(19)33(29,30)25-21-8-4-2-5-9-21)24(28)26-14-16-27(17-15-26)34(31,32)22-10-6-3-7-11-22/h2-13,18,25H,14-17H2,1H3. The highest BCUT2D eigenvalue weighted by atomic mass is 32.2. The summed E-state index contributed by atoms with van der Waals surface area (Å²) in [4.78, 5) is 14.9. The Bertz CT molecular complexity index is 1390. The van der Waals surface area contributed by atoms with Crippen LogP contribution in [0.5, 0.6) is 0 Å². The van der Waals surface area contributed by atoms with Crippen LogP contribution in [0.1, 0.15) is 15.9 Å². The molecule has 0 aromatic heterocycles. The normalized spacial score (nSPS) is 15.1. The van der Waals surface area contributed by atoms with Gasteiger partial charge in [0.05, 0.1) is 9.79 Å². The third-order valence-corrected chi connectivity index (χ3v) is 9.09. The summed E-state index contributed by atoms with van der Waals surface area (Å²) in [6.45, 7) is 2.42. The van der Waals surface area contributed by atoms with Gasteiger partial charge in [0.25, 0.3) is 15.9 Å². The number of sulfonamides is 2. The molecule has 0 unspecified atom stereocenters. The number of anilines is 1. The zero-order valence-electron chi connectivity index (χ0n) is 18.6. The molecule has 1 heterocycles. The van der Waals surface area contributed by atoms with Crippen molar-refractivity contribution in [3.05, 3.63) is 90.0 Å². The number of rotatable bonds is 6. The second kappa shape index (κ2) is 9.57. The van der Waals surface area contributed by atoms with Gasteiger partial charge in [-0.2, -0.15) is 4.31 Å². The van der Waals surface area contributed by atoms with Crippen LogP contribution in [0.3, 0.4) is 0 Å². The Balaban J connectivity index is 1.49.